The molecule has 7 heavy (non-hydrogen) atoms. The van der Waals surface area contributed by atoms with E-state index >= 15 is 0 Å². The van der Waals surface area contributed by atoms with Gasteiger partial charge in [-0.15, -0.1) is 0 Å². The Morgan fingerprint density at radius 3 is 2.00 bits per heavy atom. The zero-order valence-corrected chi connectivity index (χ0v) is 5.06. The molecule has 1 aliphatic rings. The fraction of sp³-hybridized carbons (Fsp3) is 0.833. The summed E-state index contributed by atoms with van der Waals surface area (Å²) in [4.78, 5) is 0. The van der Waals surface area contributed by atoms with Gasteiger partial charge in [-0.1, -0.05) is 0 Å². The Labute approximate surface area is 44.7 Å². The maximum Gasteiger partial charge on any atom is 0.0687 e. The summed E-state index contributed by atoms with van der Waals surface area (Å²) < 4.78 is 5.27. The van der Waals surface area contributed by atoms with Crippen molar-refractivity contribution in [2.75, 3.05) is 0 Å². The van der Waals surface area contributed by atoms with Crippen LogP contribution in [0.15, 0.2) is 0 Å². The molecule has 0 amide bonds. The van der Waals surface area contributed by atoms with Gasteiger partial charge >= 0.3 is 0 Å². The average Bonchev–Trinajstić information content (AvgIpc) is 1.27. The molecule has 0 saturated carbocycles. The van der Waals surface area contributed by atoms with Gasteiger partial charge in [-0.25, -0.2) is 0 Å². The Morgan fingerprint density at radius 1 is 1.57 bits per heavy atom. The summed E-state index contributed by atoms with van der Waals surface area (Å²) in [7, 11) is 0. The van der Waals surface area contributed by atoms with Crippen molar-refractivity contribution in [1.29, 1.82) is 0 Å². The van der Waals surface area contributed by atoms with Crippen LogP contribution in [0.5, 0.6) is 0 Å². The van der Waals surface area contributed by atoms with E-state index in [-0.39, 0.29) is 5.60 Å². The Kier molecular flexibility index (Phi) is 0.890. The zero-order valence-electron chi connectivity index (χ0n) is 5.06. The lowest BCUT2D eigenvalue weighted by Crippen LogP contribution is -2.44. The molecule has 1 nitrogen and oxygen atoms in total. The lowest BCUT2D eigenvalue weighted by molar-refractivity contribution is -0.115. The Bertz CT molecular complexity index is 68.2. The minimum atomic E-state index is 0.0689. The van der Waals surface area contributed by atoms with Crippen LogP contribution in [0.4, 0.5) is 0 Å². The number of hydrogen-bond acceptors (Lipinski definition) is 1. The summed E-state index contributed by atoms with van der Waals surface area (Å²) in [6.07, 6.45) is 2.57. The lowest BCUT2D eigenvalue weighted by atomic mass is 9.95. The van der Waals surface area contributed by atoms with Crippen molar-refractivity contribution in [2.24, 2.45) is 0 Å². The molecule has 1 heterocycles. The predicted molar refractivity (Wildman–Crippen MR) is 28.9 cm³/mol. The number of ether oxygens (including phenoxy) is 1. The first-order valence-corrected chi connectivity index (χ1v) is 2.64. The molecule has 1 aliphatic heterocycles. The normalized spacial score (nSPS) is 37.3. The Balaban J connectivity index is 2.29. The summed E-state index contributed by atoms with van der Waals surface area (Å²) in [5, 5.41) is 0. The molecular weight excluding hydrogens is 88.1 g/mol. The SMILES string of the molecule is CC1[CH]C(C)(C)O1. The van der Waals surface area contributed by atoms with Gasteiger partial charge < -0.3 is 4.74 Å². The van der Waals surface area contributed by atoms with Gasteiger partial charge in [0.1, 0.15) is 0 Å². The molecule has 1 radical (unpaired) electrons. The molecule has 41 valence electrons. The molecule has 0 aromatic heterocycles. The van der Waals surface area contributed by atoms with Gasteiger partial charge in [0.05, 0.1) is 11.7 Å². The van der Waals surface area contributed by atoms with Gasteiger partial charge in [-0.2, -0.15) is 0 Å². The van der Waals surface area contributed by atoms with Crippen LogP contribution in [0.3, 0.4) is 0 Å². The Morgan fingerprint density at radius 2 is 2.00 bits per heavy atom. The van der Waals surface area contributed by atoms with Crippen molar-refractivity contribution < 1.29 is 4.74 Å². The summed E-state index contributed by atoms with van der Waals surface area (Å²) in [6, 6.07) is 0. The first kappa shape index (κ1) is 5.10. The molecule has 1 fully saturated rings. The first-order valence-electron chi connectivity index (χ1n) is 2.64. The van der Waals surface area contributed by atoms with Crippen LogP contribution in [0.1, 0.15) is 20.8 Å². The molecule has 1 unspecified atom stereocenters. The van der Waals surface area contributed by atoms with E-state index in [1.54, 1.807) is 0 Å². The van der Waals surface area contributed by atoms with Crippen molar-refractivity contribution >= 4 is 0 Å². The van der Waals surface area contributed by atoms with Crippen LogP contribution < -0.4 is 0 Å². The summed E-state index contributed by atoms with van der Waals surface area (Å²) in [5.41, 5.74) is 0.0689. The minimum Gasteiger partial charge on any atom is -0.372 e. The lowest BCUT2D eigenvalue weighted by Gasteiger charge is -2.40. The molecule has 1 saturated heterocycles. The molecule has 0 aromatic rings. The molecule has 0 aliphatic carbocycles. The van der Waals surface area contributed by atoms with E-state index in [0.717, 1.165) is 0 Å². The van der Waals surface area contributed by atoms with Crippen LogP contribution >= 0.6 is 0 Å². The summed E-state index contributed by atoms with van der Waals surface area (Å²) in [5.74, 6) is 0. The summed E-state index contributed by atoms with van der Waals surface area (Å²) in [6.45, 7) is 6.17. The van der Waals surface area contributed by atoms with Crippen molar-refractivity contribution in [3.8, 4) is 0 Å². The van der Waals surface area contributed by atoms with E-state index in [1.807, 2.05) is 6.92 Å². The van der Waals surface area contributed by atoms with Crippen LogP contribution in [0.2, 0.25) is 0 Å². The molecule has 0 bridgehead atoms. The molecule has 0 N–H and O–H groups in total. The van der Waals surface area contributed by atoms with Crippen LogP contribution in [0, 0.1) is 6.42 Å². The second-order valence-electron chi connectivity index (χ2n) is 2.59. The first-order chi connectivity index (χ1) is 3.10. The highest BCUT2D eigenvalue weighted by Gasteiger charge is 2.33. The Hall–Kier alpha value is -0.0400. The largest absolute Gasteiger partial charge is 0.372 e. The fourth-order valence-electron chi connectivity index (χ4n) is 1.05. The maximum atomic E-state index is 5.27. The second-order valence-corrected chi connectivity index (χ2v) is 2.59. The maximum absolute atomic E-state index is 5.27. The molecular formula is C6H11O. The second kappa shape index (κ2) is 1.22. The smallest absolute Gasteiger partial charge is 0.0687 e. The van der Waals surface area contributed by atoms with Crippen LogP contribution in [-0.2, 0) is 4.74 Å². The minimum absolute atomic E-state index is 0.0689. The highest BCUT2D eigenvalue weighted by Crippen LogP contribution is 2.29. The van der Waals surface area contributed by atoms with Gasteiger partial charge in [0.2, 0.25) is 0 Å². The highest BCUT2D eigenvalue weighted by molar-refractivity contribution is 5.00. The number of rotatable bonds is 0. The third-order valence-electron chi connectivity index (χ3n) is 1.13. The van der Waals surface area contributed by atoms with Crippen LogP contribution in [-0.4, -0.2) is 11.7 Å². The van der Waals surface area contributed by atoms with E-state index in [1.165, 1.54) is 0 Å². The molecule has 0 spiro atoms. The predicted octanol–water partition coefficient (Wildman–Crippen LogP) is 1.39. The zero-order chi connectivity index (χ0) is 5.49. The quantitative estimate of drug-likeness (QED) is 0.446. The number of hydrogen-bond donors (Lipinski definition) is 0. The van der Waals surface area contributed by atoms with Crippen LogP contribution in [0.25, 0.3) is 0 Å². The van der Waals surface area contributed by atoms with E-state index < -0.39 is 0 Å². The third kappa shape index (κ3) is 0.942. The van der Waals surface area contributed by atoms with Crippen molar-refractivity contribution in [2.45, 2.75) is 32.5 Å². The van der Waals surface area contributed by atoms with Crippen molar-refractivity contribution in [3.05, 3.63) is 6.42 Å². The summed E-state index contributed by atoms with van der Waals surface area (Å²) >= 11 is 0. The third-order valence-corrected chi connectivity index (χ3v) is 1.13. The van der Waals surface area contributed by atoms with E-state index in [2.05, 4.69) is 20.3 Å². The fourth-order valence-corrected chi connectivity index (χ4v) is 1.05. The molecule has 0 aromatic carbocycles. The topological polar surface area (TPSA) is 9.23 Å². The van der Waals surface area contributed by atoms with Gasteiger partial charge in [0.25, 0.3) is 0 Å². The highest BCUT2D eigenvalue weighted by atomic mass is 16.5. The monoisotopic (exact) mass is 99.1 g/mol. The van der Waals surface area contributed by atoms with E-state index in [9.17, 15) is 0 Å². The average molecular weight is 99.2 g/mol. The molecule has 1 heteroatoms. The molecule has 1 atom stereocenters. The van der Waals surface area contributed by atoms with Crippen molar-refractivity contribution in [3.63, 3.8) is 0 Å². The van der Waals surface area contributed by atoms with E-state index in [4.69, 9.17) is 4.74 Å². The van der Waals surface area contributed by atoms with Gasteiger partial charge in [-0.05, 0) is 20.8 Å². The van der Waals surface area contributed by atoms with Gasteiger partial charge in [0, 0.05) is 6.42 Å². The molecule has 1 rings (SSSR count). The van der Waals surface area contributed by atoms with E-state index in [0.29, 0.717) is 6.10 Å². The van der Waals surface area contributed by atoms with Gasteiger partial charge in [0.15, 0.2) is 0 Å². The standard InChI is InChI=1S/C6H11O/c1-5-4-6(2,3)7-5/h4-5H,1-3H3. The van der Waals surface area contributed by atoms with Gasteiger partial charge in [-0.3, -0.25) is 0 Å². The van der Waals surface area contributed by atoms with Crippen molar-refractivity contribution in [1.82, 2.24) is 0 Å².